The van der Waals surface area contributed by atoms with E-state index in [2.05, 4.69) is 0 Å². The van der Waals surface area contributed by atoms with E-state index in [9.17, 15) is 9.59 Å². The van der Waals surface area contributed by atoms with E-state index in [0.717, 1.165) is 5.56 Å². The van der Waals surface area contributed by atoms with Crippen LogP contribution in [0.2, 0.25) is 0 Å². The summed E-state index contributed by atoms with van der Waals surface area (Å²) in [4.78, 5) is 26.8. The first kappa shape index (κ1) is 17.9. The molecule has 0 saturated heterocycles. The molecule has 1 atom stereocenters. The number of methoxy groups -OCH3 is 1. The summed E-state index contributed by atoms with van der Waals surface area (Å²) in [6.45, 7) is 0. The number of rotatable bonds is 5. The zero-order valence-electron chi connectivity index (χ0n) is 15.3. The summed E-state index contributed by atoms with van der Waals surface area (Å²) in [5.74, 6) is -2.12. The predicted octanol–water partition coefficient (Wildman–Crippen LogP) is 4.57. The molecule has 1 heterocycles. The fourth-order valence-electron chi connectivity index (χ4n) is 3.31. The van der Waals surface area contributed by atoms with Gasteiger partial charge in [-0.1, -0.05) is 78.9 Å². The van der Waals surface area contributed by atoms with E-state index in [1.165, 1.54) is 7.11 Å². The van der Waals surface area contributed by atoms with Gasteiger partial charge in [0.2, 0.25) is 5.78 Å². The molecule has 0 amide bonds. The molecule has 0 spiro atoms. The van der Waals surface area contributed by atoms with Crippen LogP contribution in [-0.4, -0.2) is 24.5 Å². The van der Waals surface area contributed by atoms with E-state index in [0.29, 0.717) is 16.9 Å². The van der Waals surface area contributed by atoms with E-state index in [1.807, 2.05) is 30.3 Å². The minimum Gasteiger partial charge on any atom is -0.450 e. The Morgan fingerprint density at radius 2 is 1.36 bits per heavy atom. The first-order valence-corrected chi connectivity index (χ1v) is 8.90. The number of benzene rings is 3. The van der Waals surface area contributed by atoms with Crippen molar-refractivity contribution < 1.29 is 19.1 Å². The van der Waals surface area contributed by atoms with Crippen LogP contribution in [0.1, 0.15) is 26.3 Å². The van der Waals surface area contributed by atoms with Crippen LogP contribution in [0.4, 0.5) is 0 Å². The fourth-order valence-corrected chi connectivity index (χ4v) is 3.31. The third-order valence-electron chi connectivity index (χ3n) is 4.73. The van der Waals surface area contributed by atoms with Crippen molar-refractivity contribution in [2.24, 2.45) is 0 Å². The van der Waals surface area contributed by atoms with Gasteiger partial charge in [-0.2, -0.15) is 0 Å². The third kappa shape index (κ3) is 2.94. The Kier molecular flexibility index (Phi) is 4.63. The molecule has 3 aromatic rings. The van der Waals surface area contributed by atoms with Crippen molar-refractivity contribution in [3.05, 3.63) is 107 Å². The Labute approximate surface area is 163 Å². The second-order valence-corrected chi connectivity index (χ2v) is 6.41. The van der Waals surface area contributed by atoms with Crippen LogP contribution in [0.5, 0.6) is 5.75 Å². The van der Waals surface area contributed by atoms with Gasteiger partial charge in [-0.25, -0.2) is 0 Å². The molecule has 0 saturated carbocycles. The molecule has 1 unspecified atom stereocenters. The molecule has 4 heteroatoms. The van der Waals surface area contributed by atoms with Gasteiger partial charge in [0.25, 0.3) is 0 Å². The van der Waals surface area contributed by atoms with E-state index < -0.39 is 11.6 Å². The van der Waals surface area contributed by atoms with Gasteiger partial charge in [0.15, 0.2) is 5.78 Å². The quantitative estimate of drug-likeness (QED) is 0.617. The van der Waals surface area contributed by atoms with Gasteiger partial charge in [0.05, 0.1) is 5.57 Å². The van der Waals surface area contributed by atoms with Gasteiger partial charge in [0, 0.05) is 23.8 Å². The van der Waals surface area contributed by atoms with Crippen LogP contribution in [0.15, 0.2) is 90.5 Å². The van der Waals surface area contributed by atoms with E-state index in [1.54, 1.807) is 60.7 Å². The fraction of sp³-hybridized carbons (Fsp3) is 0.0833. The van der Waals surface area contributed by atoms with Crippen LogP contribution in [0, 0.1) is 0 Å². The maximum absolute atomic E-state index is 13.5. The second-order valence-electron chi connectivity index (χ2n) is 6.41. The number of ether oxygens (including phenoxy) is 2. The molecule has 4 nitrogen and oxygen atoms in total. The SMILES string of the molecule is COC1(C(=O)c2ccccc2)Oc2ccccc2C=C1C(=O)c1ccccc1. The smallest absolute Gasteiger partial charge is 0.306 e. The highest BCUT2D eigenvalue weighted by Gasteiger charge is 2.50. The highest BCUT2D eigenvalue weighted by Crippen LogP contribution is 2.39. The molecule has 1 aliphatic heterocycles. The van der Waals surface area contributed by atoms with Crippen LogP contribution < -0.4 is 4.74 Å². The van der Waals surface area contributed by atoms with Crippen molar-refractivity contribution in [2.75, 3.05) is 7.11 Å². The topological polar surface area (TPSA) is 52.6 Å². The van der Waals surface area contributed by atoms with E-state index in [4.69, 9.17) is 9.47 Å². The van der Waals surface area contributed by atoms with Crippen LogP contribution in [0.3, 0.4) is 0 Å². The number of ketones is 2. The Hall–Kier alpha value is -3.50. The van der Waals surface area contributed by atoms with Crippen molar-refractivity contribution in [1.82, 2.24) is 0 Å². The Balaban J connectivity index is 1.90. The first-order valence-electron chi connectivity index (χ1n) is 8.90. The van der Waals surface area contributed by atoms with Gasteiger partial charge < -0.3 is 9.47 Å². The third-order valence-corrected chi connectivity index (χ3v) is 4.73. The summed E-state index contributed by atoms with van der Waals surface area (Å²) < 4.78 is 11.7. The highest BCUT2D eigenvalue weighted by atomic mass is 16.7. The van der Waals surface area contributed by atoms with Crippen molar-refractivity contribution in [3.63, 3.8) is 0 Å². The van der Waals surface area contributed by atoms with Gasteiger partial charge in [0.1, 0.15) is 5.75 Å². The normalized spacial score (nSPS) is 17.8. The summed E-state index contributed by atoms with van der Waals surface area (Å²) in [6, 6.07) is 24.7. The summed E-state index contributed by atoms with van der Waals surface area (Å²) in [7, 11) is 1.38. The average molecular weight is 370 g/mol. The van der Waals surface area contributed by atoms with Crippen LogP contribution in [-0.2, 0) is 4.74 Å². The zero-order valence-corrected chi connectivity index (χ0v) is 15.3. The monoisotopic (exact) mass is 370 g/mol. The maximum atomic E-state index is 13.5. The molecule has 0 N–H and O–H groups in total. The van der Waals surface area contributed by atoms with E-state index in [-0.39, 0.29) is 11.4 Å². The number of fused-ring (bicyclic) bond motifs is 1. The lowest BCUT2D eigenvalue weighted by Crippen LogP contribution is -2.51. The number of Topliss-reactive ketones (excluding diaryl/α,β-unsaturated/α-hetero) is 2. The Morgan fingerprint density at radius 3 is 2.00 bits per heavy atom. The van der Waals surface area contributed by atoms with Crippen molar-refractivity contribution >= 4 is 17.6 Å². The Morgan fingerprint density at radius 1 is 0.786 bits per heavy atom. The van der Waals surface area contributed by atoms with Crippen LogP contribution in [0.25, 0.3) is 6.08 Å². The largest absolute Gasteiger partial charge is 0.450 e. The maximum Gasteiger partial charge on any atom is 0.306 e. The number of carbonyl (C=O) groups is 2. The molecule has 0 radical (unpaired) electrons. The summed E-state index contributed by atoms with van der Waals surface area (Å²) in [5.41, 5.74) is 1.72. The van der Waals surface area contributed by atoms with Crippen molar-refractivity contribution in [3.8, 4) is 5.75 Å². The molecule has 0 fully saturated rings. The van der Waals surface area contributed by atoms with Gasteiger partial charge >= 0.3 is 5.79 Å². The standard InChI is InChI=1S/C24H18O4/c1-27-24(23(26)18-12-6-3-7-13-18)20(22(25)17-10-4-2-5-11-17)16-19-14-8-9-15-21(19)28-24/h2-16H,1H3. The zero-order chi connectivity index (χ0) is 19.6. The number of hydrogen-bond acceptors (Lipinski definition) is 4. The molecule has 1 aliphatic rings. The predicted molar refractivity (Wildman–Crippen MR) is 106 cm³/mol. The minimum absolute atomic E-state index is 0.147. The van der Waals surface area contributed by atoms with Gasteiger partial charge in [-0.15, -0.1) is 0 Å². The average Bonchev–Trinajstić information content (AvgIpc) is 2.78. The second kappa shape index (κ2) is 7.25. The van der Waals surface area contributed by atoms with E-state index >= 15 is 0 Å². The lowest BCUT2D eigenvalue weighted by Gasteiger charge is -2.36. The number of hydrogen-bond donors (Lipinski definition) is 0. The molecule has 28 heavy (non-hydrogen) atoms. The summed E-state index contributed by atoms with van der Waals surface area (Å²) >= 11 is 0. The number of carbonyl (C=O) groups excluding carboxylic acids is 2. The summed E-state index contributed by atoms with van der Waals surface area (Å²) in [5, 5.41) is 0. The first-order chi connectivity index (χ1) is 13.7. The van der Waals surface area contributed by atoms with Crippen molar-refractivity contribution in [1.29, 1.82) is 0 Å². The van der Waals surface area contributed by atoms with Crippen molar-refractivity contribution in [2.45, 2.75) is 5.79 Å². The molecule has 3 aromatic carbocycles. The molecule has 4 rings (SSSR count). The lowest BCUT2D eigenvalue weighted by atomic mass is 9.87. The van der Waals surface area contributed by atoms with Gasteiger partial charge in [-0.05, 0) is 12.1 Å². The minimum atomic E-state index is -1.86. The van der Waals surface area contributed by atoms with Crippen LogP contribution >= 0.6 is 0 Å². The molecule has 0 aliphatic carbocycles. The summed E-state index contributed by atoms with van der Waals surface area (Å²) in [6.07, 6.45) is 1.68. The highest BCUT2D eigenvalue weighted by molar-refractivity contribution is 6.19. The Bertz CT molecular complexity index is 1050. The molecule has 0 bridgehead atoms. The molecule has 138 valence electrons. The van der Waals surface area contributed by atoms with Gasteiger partial charge in [-0.3, -0.25) is 9.59 Å². The molecular formula is C24H18O4. The molecular weight excluding hydrogens is 352 g/mol. The number of para-hydroxylation sites is 1. The lowest BCUT2D eigenvalue weighted by molar-refractivity contribution is -0.0988. The molecule has 0 aromatic heterocycles.